The van der Waals surface area contributed by atoms with Gasteiger partial charge in [0, 0.05) is 23.1 Å². The second-order valence-corrected chi connectivity index (χ2v) is 8.53. The third-order valence-electron chi connectivity index (χ3n) is 6.36. The van der Waals surface area contributed by atoms with Crippen LogP contribution in [0.5, 0.6) is 0 Å². The van der Waals surface area contributed by atoms with Gasteiger partial charge in [-0.1, -0.05) is 54.6 Å². The number of ether oxygens (including phenoxy) is 1. The second-order valence-electron chi connectivity index (χ2n) is 8.53. The quantitative estimate of drug-likeness (QED) is 0.315. The normalized spacial score (nSPS) is 18.1. The van der Waals surface area contributed by atoms with E-state index in [0.29, 0.717) is 16.7 Å². The summed E-state index contributed by atoms with van der Waals surface area (Å²) in [6.45, 7) is 3.94. The SMILES string of the molecule is Cc1ccc(C2(Cc3ccccc3F)OC(=Nc3ccccc3F)c3cccc(F)c32)cc1C. The summed E-state index contributed by atoms with van der Waals surface area (Å²) >= 11 is 0. The van der Waals surface area contributed by atoms with E-state index in [1.807, 2.05) is 32.0 Å². The molecule has 0 aromatic heterocycles. The molecule has 2 nitrogen and oxygen atoms in total. The zero-order chi connectivity index (χ0) is 23.9. The highest BCUT2D eigenvalue weighted by Gasteiger charge is 2.48. The fourth-order valence-corrected chi connectivity index (χ4v) is 4.45. The van der Waals surface area contributed by atoms with Gasteiger partial charge in [-0.3, -0.25) is 0 Å². The maximum atomic E-state index is 15.5. The van der Waals surface area contributed by atoms with Gasteiger partial charge in [0.1, 0.15) is 23.1 Å². The maximum Gasteiger partial charge on any atom is 0.223 e. The summed E-state index contributed by atoms with van der Waals surface area (Å²) in [6, 6.07) is 22.8. The minimum Gasteiger partial charge on any atom is -0.460 e. The Bertz CT molecular complexity index is 1430. The molecule has 1 aliphatic rings. The zero-order valence-electron chi connectivity index (χ0n) is 18.8. The molecule has 170 valence electrons. The van der Waals surface area contributed by atoms with Crippen molar-refractivity contribution in [3.63, 3.8) is 0 Å². The number of fused-ring (bicyclic) bond motifs is 1. The van der Waals surface area contributed by atoms with E-state index in [0.717, 1.165) is 11.1 Å². The van der Waals surface area contributed by atoms with Crippen LogP contribution >= 0.6 is 0 Å². The summed E-state index contributed by atoms with van der Waals surface area (Å²) in [7, 11) is 0. The van der Waals surface area contributed by atoms with Gasteiger partial charge in [0.2, 0.25) is 5.90 Å². The lowest BCUT2D eigenvalue weighted by molar-refractivity contribution is 0.108. The molecule has 34 heavy (non-hydrogen) atoms. The van der Waals surface area contributed by atoms with Gasteiger partial charge in [-0.15, -0.1) is 0 Å². The van der Waals surface area contributed by atoms with Gasteiger partial charge in [-0.25, -0.2) is 18.2 Å². The molecule has 0 amide bonds. The van der Waals surface area contributed by atoms with Crippen molar-refractivity contribution in [2.24, 2.45) is 4.99 Å². The largest absolute Gasteiger partial charge is 0.460 e. The van der Waals surface area contributed by atoms with Crippen molar-refractivity contribution in [2.45, 2.75) is 25.9 Å². The lowest BCUT2D eigenvalue weighted by atomic mass is 9.79. The standard InChI is InChI=1S/C29H22F3NO/c1-18-14-15-21(16-19(18)2)29(17-20-8-3-4-10-23(20)30)27-22(9-7-12-25(27)32)28(34-29)33-26-13-6-5-11-24(26)31/h3-16H,17H2,1-2H3. The number of hydrogen-bond donors (Lipinski definition) is 0. The van der Waals surface area contributed by atoms with Crippen molar-refractivity contribution in [3.05, 3.63) is 136 Å². The minimum absolute atomic E-state index is 0.0341. The highest BCUT2D eigenvalue weighted by atomic mass is 19.1. The molecule has 4 aromatic carbocycles. The molecule has 0 bridgehead atoms. The van der Waals surface area contributed by atoms with Gasteiger partial charge in [0.15, 0.2) is 5.60 Å². The number of benzene rings is 4. The topological polar surface area (TPSA) is 21.6 Å². The first-order valence-electron chi connectivity index (χ1n) is 11.0. The average Bonchev–Trinajstić information content (AvgIpc) is 3.14. The van der Waals surface area contributed by atoms with Crippen molar-refractivity contribution < 1.29 is 17.9 Å². The van der Waals surface area contributed by atoms with E-state index in [1.54, 1.807) is 42.5 Å². The molecule has 4 aromatic rings. The molecular weight excluding hydrogens is 435 g/mol. The van der Waals surface area contributed by atoms with E-state index in [2.05, 4.69) is 4.99 Å². The lowest BCUT2D eigenvalue weighted by Gasteiger charge is -2.31. The first-order chi connectivity index (χ1) is 16.4. The van der Waals surface area contributed by atoms with Gasteiger partial charge in [-0.2, -0.15) is 0 Å². The van der Waals surface area contributed by atoms with E-state index in [1.165, 1.54) is 24.3 Å². The molecular formula is C29H22F3NO. The van der Waals surface area contributed by atoms with Gasteiger partial charge < -0.3 is 4.74 Å². The third-order valence-corrected chi connectivity index (χ3v) is 6.36. The van der Waals surface area contributed by atoms with Crippen molar-refractivity contribution in [1.82, 2.24) is 0 Å². The predicted octanol–water partition coefficient (Wildman–Crippen LogP) is 7.32. The Morgan fingerprint density at radius 2 is 1.44 bits per heavy atom. The van der Waals surface area contributed by atoms with Crippen LogP contribution in [0.15, 0.2) is 89.9 Å². The molecule has 0 saturated carbocycles. The molecule has 0 aliphatic carbocycles. The molecule has 5 rings (SSSR count). The molecule has 0 spiro atoms. The van der Waals surface area contributed by atoms with Gasteiger partial charge >= 0.3 is 0 Å². The zero-order valence-corrected chi connectivity index (χ0v) is 18.8. The first-order valence-corrected chi connectivity index (χ1v) is 11.0. The smallest absolute Gasteiger partial charge is 0.223 e. The Morgan fingerprint density at radius 3 is 2.18 bits per heavy atom. The van der Waals surface area contributed by atoms with Crippen molar-refractivity contribution in [2.75, 3.05) is 0 Å². The summed E-state index contributed by atoms with van der Waals surface area (Å²) in [5.41, 5.74) is 2.48. The predicted molar refractivity (Wildman–Crippen MR) is 127 cm³/mol. The molecule has 0 radical (unpaired) electrons. The molecule has 5 heteroatoms. The fraction of sp³-hybridized carbons (Fsp3) is 0.138. The van der Waals surface area contributed by atoms with Crippen LogP contribution in [0, 0.1) is 31.3 Å². The van der Waals surface area contributed by atoms with Crippen LogP contribution in [0.3, 0.4) is 0 Å². The van der Waals surface area contributed by atoms with E-state index in [9.17, 15) is 8.78 Å². The number of aliphatic imine (C=N–C) groups is 1. The Balaban J connectivity index is 1.78. The number of aryl methyl sites for hydroxylation is 2. The van der Waals surface area contributed by atoms with Crippen molar-refractivity contribution >= 4 is 11.6 Å². The van der Waals surface area contributed by atoms with Crippen LogP contribution < -0.4 is 0 Å². The minimum atomic E-state index is -1.38. The number of halogens is 3. The number of hydrogen-bond acceptors (Lipinski definition) is 2. The Morgan fingerprint density at radius 1 is 0.735 bits per heavy atom. The Hall–Kier alpha value is -3.86. The second kappa shape index (κ2) is 8.49. The Labute approximate surface area is 196 Å². The van der Waals surface area contributed by atoms with Gasteiger partial charge in [0.05, 0.1) is 0 Å². The molecule has 1 aliphatic heterocycles. The van der Waals surface area contributed by atoms with E-state index in [4.69, 9.17) is 4.74 Å². The van der Waals surface area contributed by atoms with Gasteiger partial charge in [-0.05, 0) is 60.9 Å². The molecule has 0 fully saturated rings. The number of para-hydroxylation sites is 1. The molecule has 0 saturated heterocycles. The third kappa shape index (κ3) is 3.67. The van der Waals surface area contributed by atoms with Gasteiger partial charge in [0.25, 0.3) is 0 Å². The van der Waals surface area contributed by atoms with Crippen molar-refractivity contribution in [3.8, 4) is 0 Å². The van der Waals surface area contributed by atoms with Crippen LogP contribution in [-0.2, 0) is 16.8 Å². The van der Waals surface area contributed by atoms with Crippen LogP contribution in [0.25, 0.3) is 0 Å². The molecule has 1 unspecified atom stereocenters. The van der Waals surface area contributed by atoms with Crippen LogP contribution in [-0.4, -0.2) is 5.90 Å². The molecule has 1 atom stereocenters. The summed E-state index contributed by atoms with van der Waals surface area (Å²) in [6.07, 6.45) is 0.0341. The highest BCUT2D eigenvalue weighted by Crippen LogP contribution is 2.47. The summed E-state index contributed by atoms with van der Waals surface area (Å²) in [5.74, 6) is -1.33. The maximum absolute atomic E-state index is 15.5. The summed E-state index contributed by atoms with van der Waals surface area (Å²) in [5, 5.41) is 0. The number of nitrogens with zero attached hydrogens (tertiary/aromatic N) is 1. The fourth-order valence-electron chi connectivity index (χ4n) is 4.45. The summed E-state index contributed by atoms with van der Waals surface area (Å²) < 4.78 is 51.3. The van der Waals surface area contributed by atoms with Crippen molar-refractivity contribution in [1.29, 1.82) is 0 Å². The van der Waals surface area contributed by atoms with Crippen LogP contribution in [0.1, 0.15) is 33.4 Å². The first kappa shape index (κ1) is 22.0. The number of rotatable bonds is 4. The summed E-state index contributed by atoms with van der Waals surface area (Å²) in [4.78, 5) is 4.42. The molecule has 0 N–H and O–H groups in total. The molecule has 1 heterocycles. The van der Waals surface area contributed by atoms with E-state index in [-0.39, 0.29) is 23.6 Å². The van der Waals surface area contributed by atoms with Crippen LogP contribution in [0.4, 0.5) is 18.9 Å². The van der Waals surface area contributed by atoms with E-state index >= 15 is 4.39 Å². The monoisotopic (exact) mass is 457 g/mol. The van der Waals surface area contributed by atoms with Crippen LogP contribution in [0.2, 0.25) is 0 Å². The average molecular weight is 457 g/mol. The highest BCUT2D eigenvalue weighted by molar-refractivity contribution is 6.01. The Kier molecular flexibility index (Phi) is 5.48. The van der Waals surface area contributed by atoms with E-state index < -0.39 is 23.1 Å². The lowest BCUT2D eigenvalue weighted by Crippen LogP contribution is -2.32.